The molecule has 0 aliphatic rings. The molecule has 7 heteroatoms. The number of thiocarbonyl (C=S) groups is 1. The number of para-hydroxylation sites is 2. The van der Waals surface area contributed by atoms with E-state index < -0.39 is 5.41 Å². The molecule has 0 bridgehead atoms. The zero-order valence-corrected chi connectivity index (χ0v) is 15.4. The predicted octanol–water partition coefficient (Wildman–Crippen LogP) is 4.62. The Kier molecular flexibility index (Phi) is 4.92. The van der Waals surface area contributed by atoms with Crippen molar-refractivity contribution in [2.75, 3.05) is 11.9 Å². The standard InChI is InChI=1S/C18H18ClFN4S/c1-18(2,15-11(19)6-5-7-12(15)20)10-21-17(25)24-16-22-13-8-3-4-9-14(13)23-16/h3-9H,10H2,1-2H3,(H3,21,22,23,24,25). The fraction of sp³-hybridized carbons (Fsp3) is 0.222. The highest BCUT2D eigenvalue weighted by Gasteiger charge is 2.27. The van der Waals surface area contributed by atoms with Gasteiger partial charge in [0.1, 0.15) is 5.82 Å². The van der Waals surface area contributed by atoms with E-state index in [0.29, 0.717) is 28.2 Å². The lowest BCUT2D eigenvalue weighted by Gasteiger charge is -2.27. The summed E-state index contributed by atoms with van der Waals surface area (Å²) in [5, 5.41) is 6.92. The fourth-order valence-corrected chi connectivity index (χ4v) is 3.29. The van der Waals surface area contributed by atoms with Crippen molar-refractivity contribution in [2.24, 2.45) is 0 Å². The van der Waals surface area contributed by atoms with Gasteiger partial charge < -0.3 is 15.6 Å². The summed E-state index contributed by atoms with van der Waals surface area (Å²) in [4.78, 5) is 7.55. The summed E-state index contributed by atoms with van der Waals surface area (Å²) >= 11 is 11.5. The third-order valence-corrected chi connectivity index (χ3v) is 4.51. The summed E-state index contributed by atoms with van der Waals surface area (Å²) in [5.41, 5.74) is 1.70. The largest absolute Gasteiger partial charge is 0.362 e. The first-order valence-electron chi connectivity index (χ1n) is 7.81. The minimum Gasteiger partial charge on any atom is -0.362 e. The van der Waals surface area contributed by atoms with Crippen LogP contribution in [0.25, 0.3) is 11.0 Å². The van der Waals surface area contributed by atoms with Crippen LogP contribution < -0.4 is 10.6 Å². The number of aromatic nitrogens is 2. The lowest BCUT2D eigenvalue weighted by Crippen LogP contribution is -2.39. The van der Waals surface area contributed by atoms with Gasteiger partial charge in [-0.05, 0) is 36.5 Å². The van der Waals surface area contributed by atoms with Crippen LogP contribution in [-0.2, 0) is 5.41 Å². The Morgan fingerprint density at radius 2 is 2.00 bits per heavy atom. The molecule has 0 radical (unpaired) electrons. The number of aromatic amines is 1. The number of benzene rings is 2. The maximum Gasteiger partial charge on any atom is 0.207 e. The topological polar surface area (TPSA) is 52.7 Å². The van der Waals surface area contributed by atoms with Gasteiger partial charge >= 0.3 is 0 Å². The summed E-state index contributed by atoms with van der Waals surface area (Å²) in [6.07, 6.45) is 0. The molecule has 1 aromatic heterocycles. The van der Waals surface area contributed by atoms with Crippen molar-refractivity contribution in [3.05, 3.63) is 58.9 Å². The van der Waals surface area contributed by atoms with E-state index in [1.165, 1.54) is 6.07 Å². The molecule has 0 aliphatic heterocycles. The second-order valence-electron chi connectivity index (χ2n) is 6.39. The van der Waals surface area contributed by atoms with Gasteiger partial charge in [0, 0.05) is 22.5 Å². The van der Waals surface area contributed by atoms with E-state index in [1.807, 2.05) is 38.1 Å². The highest BCUT2D eigenvalue weighted by atomic mass is 35.5. The normalized spacial score (nSPS) is 11.5. The zero-order chi connectivity index (χ0) is 18.0. The molecule has 0 spiro atoms. The molecule has 3 N–H and O–H groups in total. The van der Waals surface area contributed by atoms with Crippen LogP contribution in [0.1, 0.15) is 19.4 Å². The van der Waals surface area contributed by atoms with Crippen molar-refractivity contribution < 1.29 is 4.39 Å². The molecule has 0 aliphatic carbocycles. The van der Waals surface area contributed by atoms with Gasteiger partial charge in [-0.15, -0.1) is 0 Å². The van der Waals surface area contributed by atoms with Crippen molar-refractivity contribution in [3.63, 3.8) is 0 Å². The van der Waals surface area contributed by atoms with Gasteiger partial charge in [-0.25, -0.2) is 9.37 Å². The Morgan fingerprint density at radius 3 is 2.72 bits per heavy atom. The number of fused-ring (bicyclic) bond motifs is 1. The lowest BCUT2D eigenvalue weighted by atomic mass is 9.84. The number of nitrogens with one attached hydrogen (secondary N) is 3. The van der Waals surface area contributed by atoms with E-state index in [9.17, 15) is 4.39 Å². The number of hydrogen-bond donors (Lipinski definition) is 3. The summed E-state index contributed by atoms with van der Waals surface area (Å²) < 4.78 is 14.2. The minimum absolute atomic E-state index is 0.324. The molecule has 0 fully saturated rings. The van der Waals surface area contributed by atoms with Crippen LogP contribution in [0.3, 0.4) is 0 Å². The quantitative estimate of drug-likeness (QED) is 0.581. The molecule has 4 nitrogen and oxygen atoms in total. The number of rotatable bonds is 4. The summed E-state index contributed by atoms with van der Waals surface area (Å²) in [7, 11) is 0. The van der Waals surface area contributed by atoms with Gasteiger partial charge in [0.2, 0.25) is 5.95 Å². The van der Waals surface area contributed by atoms with E-state index in [1.54, 1.807) is 12.1 Å². The molecule has 0 unspecified atom stereocenters. The maximum atomic E-state index is 14.2. The summed E-state index contributed by atoms with van der Waals surface area (Å²) in [6, 6.07) is 12.4. The van der Waals surface area contributed by atoms with Crippen LogP contribution in [0.15, 0.2) is 42.5 Å². The van der Waals surface area contributed by atoms with Gasteiger partial charge in [0.05, 0.1) is 11.0 Å². The van der Waals surface area contributed by atoms with E-state index in [0.717, 1.165) is 11.0 Å². The molecular weight excluding hydrogens is 359 g/mol. The van der Waals surface area contributed by atoms with Crippen LogP contribution in [0.4, 0.5) is 10.3 Å². The minimum atomic E-state index is -0.540. The van der Waals surface area contributed by atoms with Crippen LogP contribution >= 0.6 is 23.8 Å². The molecule has 3 aromatic rings. The average molecular weight is 377 g/mol. The molecule has 130 valence electrons. The first-order valence-corrected chi connectivity index (χ1v) is 8.59. The highest BCUT2D eigenvalue weighted by Crippen LogP contribution is 2.31. The number of nitrogens with zero attached hydrogens (tertiary/aromatic N) is 1. The first kappa shape index (κ1) is 17.6. The molecular formula is C18H18ClFN4S. The average Bonchev–Trinajstić information content (AvgIpc) is 2.95. The monoisotopic (exact) mass is 376 g/mol. The van der Waals surface area contributed by atoms with Crippen LogP contribution in [-0.4, -0.2) is 21.6 Å². The van der Waals surface area contributed by atoms with E-state index in [-0.39, 0.29) is 5.82 Å². The predicted molar refractivity (Wildman–Crippen MR) is 105 cm³/mol. The van der Waals surface area contributed by atoms with Crippen LogP contribution in [0, 0.1) is 5.82 Å². The molecule has 0 saturated carbocycles. The summed E-state index contributed by atoms with van der Waals surface area (Å²) in [6.45, 7) is 4.24. The summed E-state index contributed by atoms with van der Waals surface area (Å²) in [5.74, 6) is 0.232. The molecule has 0 atom stereocenters. The SMILES string of the molecule is CC(C)(CNC(=S)Nc1nc2ccccc2[nH]1)c1c(F)cccc1Cl. The molecule has 1 heterocycles. The molecule has 2 aromatic carbocycles. The van der Waals surface area contributed by atoms with Crippen molar-refractivity contribution in [2.45, 2.75) is 19.3 Å². The third-order valence-electron chi connectivity index (χ3n) is 3.95. The van der Waals surface area contributed by atoms with Crippen LogP contribution in [0.2, 0.25) is 5.02 Å². The Bertz CT molecular complexity index is 869. The Balaban J connectivity index is 1.67. The maximum absolute atomic E-state index is 14.2. The van der Waals surface area contributed by atoms with E-state index in [2.05, 4.69) is 20.6 Å². The number of imidazole rings is 1. The number of hydrogen-bond acceptors (Lipinski definition) is 2. The third kappa shape index (κ3) is 3.91. The Morgan fingerprint density at radius 1 is 1.24 bits per heavy atom. The Hall–Kier alpha value is -2.18. The van der Waals surface area contributed by atoms with E-state index in [4.69, 9.17) is 23.8 Å². The van der Waals surface area contributed by atoms with Crippen molar-refractivity contribution >= 4 is 45.9 Å². The van der Waals surface area contributed by atoms with Gasteiger partial charge in [-0.1, -0.05) is 43.6 Å². The molecule has 25 heavy (non-hydrogen) atoms. The molecule has 3 rings (SSSR count). The van der Waals surface area contributed by atoms with Gasteiger partial charge in [0.25, 0.3) is 0 Å². The number of anilines is 1. The van der Waals surface area contributed by atoms with Gasteiger partial charge in [-0.2, -0.15) is 0 Å². The smallest absolute Gasteiger partial charge is 0.207 e. The second-order valence-corrected chi connectivity index (χ2v) is 7.21. The van der Waals surface area contributed by atoms with Gasteiger partial charge in [-0.3, -0.25) is 0 Å². The lowest BCUT2D eigenvalue weighted by molar-refractivity contribution is 0.477. The zero-order valence-electron chi connectivity index (χ0n) is 13.9. The first-order chi connectivity index (χ1) is 11.9. The van der Waals surface area contributed by atoms with E-state index >= 15 is 0 Å². The van der Waals surface area contributed by atoms with Crippen molar-refractivity contribution in [1.82, 2.24) is 15.3 Å². The van der Waals surface area contributed by atoms with Crippen molar-refractivity contribution in [1.29, 1.82) is 0 Å². The number of H-pyrrole nitrogens is 1. The Labute approximate surface area is 155 Å². The fourth-order valence-electron chi connectivity index (χ4n) is 2.70. The van der Waals surface area contributed by atoms with Crippen molar-refractivity contribution in [3.8, 4) is 0 Å². The second kappa shape index (κ2) is 6.98. The molecule has 0 amide bonds. The molecule has 0 saturated heterocycles. The number of halogens is 2. The van der Waals surface area contributed by atoms with Crippen LogP contribution in [0.5, 0.6) is 0 Å². The highest BCUT2D eigenvalue weighted by molar-refractivity contribution is 7.80. The van der Waals surface area contributed by atoms with Gasteiger partial charge in [0.15, 0.2) is 5.11 Å².